The first-order valence-corrected chi connectivity index (χ1v) is 17.5. The predicted molar refractivity (Wildman–Crippen MR) is 198 cm³/mol. The molecule has 2 atom stereocenters. The number of carbonyl (C=O) groups is 6. The van der Waals surface area contributed by atoms with Crippen LogP contribution in [0.1, 0.15) is 56.7 Å². The van der Waals surface area contributed by atoms with Crippen molar-refractivity contribution in [1.29, 1.82) is 0 Å². The molecule has 0 bridgehead atoms. The van der Waals surface area contributed by atoms with Crippen LogP contribution in [0.15, 0.2) is 84.9 Å². The molecule has 0 saturated heterocycles. The number of phenols is 1. The van der Waals surface area contributed by atoms with Crippen LogP contribution in [0.5, 0.6) is 5.75 Å². The highest BCUT2D eigenvalue weighted by atomic mass is 16.6. The first-order chi connectivity index (χ1) is 25.7. The quantitative estimate of drug-likeness (QED) is 0.0980. The summed E-state index contributed by atoms with van der Waals surface area (Å²) in [4.78, 5) is 78.4. The van der Waals surface area contributed by atoms with Crippen LogP contribution in [0.25, 0.3) is 0 Å². The molecule has 6 N–H and O–H groups in total. The summed E-state index contributed by atoms with van der Waals surface area (Å²) < 4.78 is 10.6. The zero-order valence-electron chi connectivity index (χ0n) is 30.7. The standard InChI is InChI=1S/C39H49N5O10/c1-39(2,3)54-37(51)40-21-11-10-16-31(43-38(52)53-26-29-14-8-5-9-15-29)35(49)41-23-33(46)44(25-28-12-6-4-7-13-28)32(36(50)42-24-34(47)48)22-27-17-19-30(45)20-18-27/h4-9,12-15,17-20,31-32,45H,10-11,16,21-26H2,1-3H3,(H,40,51)(H,41,49)(H,42,50)(H,43,52)(H,47,48)/t31-,32-/m0/s1. The molecule has 15 nitrogen and oxygen atoms in total. The molecule has 3 aromatic carbocycles. The molecule has 5 amide bonds. The minimum atomic E-state index is -1.28. The summed E-state index contributed by atoms with van der Waals surface area (Å²) in [7, 11) is 0. The number of nitrogens with one attached hydrogen (secondary N) is 4. The van der Waals surface area contributed by atoms with Crippen molar-refractivity contribution >= 4 is 35.9 Å². The number of alkyl carbamates (subject to hydrolysis) is 2. The van der Waals surface area contributed by atoms with Crippen LogP contribution in [0.2, 0.25) is 0 Å². The van der Waals surface area contributed by atoms with Gasteiger partial charge < -0.3 is 45.9 Å². The summed E-state index contributed by atoms with van der Waals surface area (Å²) in [5.41, 5.74) is 1.32. The van der Waals surface area contributed by atoms with Crippen LogP contribution in [0.3, 0.4) is 0 Å². The van der Waals surface area contributed by atoms with Gasteiger partial charge in [0, 0.05) is 19.5 Å². The van der Waals surface area contributed by atoms with Crippen LogP contribution in [0.4, 0.5) is 9.59 Å². The number of hydrogen-bond acceptors (Lipinski definition) is 9. The van der Waals surface area contributed by atoms with Crippen molar-refractivity contribution < 1.29 is 48.5 Å². The average Bonchev–Trinajstić information content (AvgIpc) is 3.13. The summed E-state index contributed by atoms with van der Waals surface area (Å²) in [6, 6.07) is 21.4. The summed E-state index contributed by atoms with van der Waals surface area (Å²) in [5.74, 6) is -3.36. The van der Waals surface area contributed by atoms with E-state index in [1.807, 2.05) is 6.07 Å². The van der Waals surface area contributed by atoms with Crippen LogP contribution in [-0.4, -0.2) is 88.3 Å². The minimum absolute atomic E-state index is 0.00280. The zero-order chi connectivity index (χ0) is 39.5. The van der Waals surface area contributed by atoms with Gasteiger partial charge in [0.15, 0.2) is 0 Å². The van der Waals surface area contributed by atoms with Gasteiger partial charge in [-0.05, 0) is 68.9 Å². The van der Waals surface area contributed by atoms with Crippen molar-refractivity contribution in [3.8, 4) is 5.75 Å². The molecule has 3 rings (SSSR count). The normalized spacial score (nSPS) is 12.0. The van der Waals surface area contributed by atoms with Gasteiger partial charge in [-0.2, -0.15) is 0 Å². The molecule has 0 heterocycles. The molecule has 54 heavy (non-hydrogen) atoms. The lowest BCUT2D eigenvalue weighted by Crippen LogP contribution is -2.54. The Bertz CT molecular complexity index is 1680. The molecule has 15 heteroatoms. The molecule has 0 unspecified atom stereocenters. The molecule has 0 aromatic heterocycles. The minimum Gasteiger partial charge on any atom is -0.508 e. The number of phenolic OH excluding ortho intramolecular Hbond substituents is 1. The van der Waals surface area contributed by atoms with Gasteiger partial charge in [0.1, 0.15) is 36.6 Å². The summed E-state index contributed by atoms with van der Waals surface area (Å²) in [5, 5.41) is 29.1. The number of carbonyl (C=O) groups excluding carboxylic acids is 5. The largest absolute Gasteiger partial charge is 0.508 e. The average molecular weight is 748 g/mol. The SMILES string of the molecule is CC(C)(C)OC(=O)NCCCC[C@H](NC(=O)OCc1ccccc1)C(=O)NCC(=O)N(Cc1ccccc1)[C@@H](Cc1ccc(O)cc1)C(=O)NCC(=O)O. The molecule has 0 saturated carbocycles. The third-order valence-electron chi connectivity index (χ3n) is 7.80. The van der Waals surface area contributed by atoms with E-state index >= 15 is 0 Å². The number of hydrogen-bond donors (Lipinski definition) is 6. The Morgan fingerprint density at radius 2 is 1.33 bits per heavy atom. The molecule has 0 aliphatic carbocycles. The van der Waals surface area contributed by atoms with Gasteiger partial charge in [-0.15, -0.1) is 0 Å². The maximum Gasteiger partial charge on any atom is 0.408 e. The third-order valence-corrected chi connectivity index (χ3v) is 7.80. The lowest BCUT2D eigenvalue weighted by atomic mass is 10.0. The number of ether oxygens (including phenoxy) is 2. The van der Waals surface area contributed by atoms with Gasteiger partial charge in [0.05, 0.1) is 6.54 Å². The van der Waals surface area contributed by atoms with E-state index in [1.165, 1.54) is 17.0 Å². The van der Waals surface area contributed by atoms with E-state index in [0.29, 0.717) is 24.0 Å². The van der Waals surface area contributed by atoms with Crippen molar-refractivity contribution in [3.05, 3.63) is 102 Å². The topological polar surface area (TPSA) is 213 Å². The molecule has 0 spiro atoms. The first kappa shape index (κ1) is 42.3. The number of benzene rings is 3. The van der Waals surface area contributed by atoms with Crippen molar-refractivity contribution in [2.45, 2.75) is 77.3 Å². The van der Waals surface area contributed by atoms with Gasteiger partial charge in [0.25, 0.3) is 0 Å². The molecule has 290 valence electrons. The molecule has 3 aromatic rings. The first-order valence-electron chi connectivity index (χ1n) is 17.5. The Kier molecular flexibility index (Phi) is 16.8. The fourth-order valence-corrected chi connectivity index (χ4v) is 5.17. The number of unbranched alkanes of at least 4 members (excludes halogenated alkanes) is 1. The van der Waals surface area contributed by atoms with Crippen LogP contribution < -0.4 is 21.3 Å². The van der Waals surface area contributed by atoms with E-state index in [2.05, 4.69) is 21.3 Å². The van der Waals surface area contributed by atoms with Gasteiger partial charge in [-0.1, -0.05) is 72.8 Å². The van der Waals surface area contributed by atoms with E-state index in [-0.39, 0.29) is 38.3 Å². The highest BCUT2D eigenvalue weighted by Crippen LogP contribution is 2.17. The molecular weight excluding hydrogens is 698 g/mol. The lowest BCUT2D eigenvalue weighted by Gasteiger charge is -2.31. The Balaban J connectivity index is 1.76. The number of rotatable bonds is 19. The Hall–Kier alpha value is -6.12. The summed E-state index contributed by atoms with van der Waals surface area (Å²) in [6.45, 7) is 4.13. The number of amides is 5. The second kappa shape index (κ2) is 21.4. The molecule has 0 fully saturated rings. The fourth-order valence-electron chi connectivity index (χ4n) is 5.17. The molecule has 0 aliphatic rings. The fraction of sp³-hybridized carbons (Fsp3) is 0.385. The molecule has 0 aliphatic heterocycles. The van der Waals surface area contributed by atoms with Gasteiger partial charge in [0.2, 0.25) is 17.7 Å². The third kappa shape index (κ3) is 16.0. The van der Waals surface area contributed by atoms with Crippen LogP contribution >= 0.6 is 0 Å². The zero-order valence-corrected chi connectivity index (χ0v) is 30.7. The smallest absolute Gasteiger partial charge is 0.408 e. The van der Waals surface area contributed by atoms with Crippen molar-refractivity contribution in [2.24, 2.45) is 0 Å². The van der Waals surface area contributed by atoms with E-state index < -0.39 is 66.7 Å². The van der Waals surface area contributed by atoms with Gasteiger partial charge in [-0.3, -0.25) is 19.2 Å². The Labute approximate surface area is 314 Å². The number of aromatic hydroxyl groups is 1. The van der Waals surface area contributed by atoms with Crippen molar-refractivity contribution in [1.82, 2.24) is 26.2 Å². The van der Waals surface area contributed by atoms with Crippen molar-refractivity contribution in [2.75, 3.05) is 19.6 Å². The molecule has 0 radical (unpaired) electrons. The van der Waals surface area contributed by atoms with E-state index in [1.54, 1.807) is 87.5 Å². The van der Waals surface area contributed by atoms with Gasteiger partial charge in [-0.25, -0.2) is 9.59 Å². The highest BCUT2D eigenvalue weighted by Gasteiger charge is 2.31. The second-order valence-electron chi connectivity index (χ2n) is 13.4. The maximum absolute atomic E-state index is 14.0. The maximum atomic E-state index is 14.0. The van der Waals surface area contributed by atoms with E-state index in [4.69, 9.17) is 9.47 Å². The second-order valence-corrected chi connectivity index (χ2v) is 13.4. The number of carboxylic acids is 1. The molecular formula is C39H49N5O10. The Morgan fingerprint density at radius 3 is 1.94 bits per heavy atom. The highest BCUT2D eigenvalue weighted by molar-refractivity contribution is 5.93. The van der Waals surface area contributed by atoms with E-state index in [0.717, 1.165) is 5.56 Å². The monoisotopic (exact) mass is 747 g/mol. The summed E-state index contributed by atoms with van der Waals surface area (Å²) >= 11 is 0. The summed E-state index contributed by atoms with van der Waals surface area (Å²) in [6.07, 6.45) is -0.513. The number of aliphatic carboxylic acids is 1. The Morgan fingerprint density at radius 1 is 0.722 bits per heavy atom. The van der Waals surface area contributed by atoms with Crippen LogP contribution in [0, 0.1) is 0 Å². The van der Waals surface area contributed by atoms with Gasteiger partial charge >= 0.3 is 18.2 Å². The number of nitrogens with zero attached hydrogens (tertiary/aromatic N) is 1. The predicted octanol–water partition coefficient (Wildman–Crippen LogP) is 3.64. The number of carboxylic acid groups (broad SMARTS) is 1. The van der Waals surface area contributed by atoms with Crippen LogP contribution in [-0.2, 0) is 48.2 Å². The van der Waals surface area contributed by atoms with Crippen molar-refractivity contribution in [3.63, 3.8) is 0 Å². The van der Waals surface area contributed by atoms with E-state index in [9.17, 15) is 39.0 Å². The lowest BCUT2D eigenvalue weighted by molar-refractivity contribution is -0.143.